The molecule has 1 aliphatic heterocycles. The Morgan fingerprint density at radius 1 is 1.12 bits per heavy atom. The van der Waals surface area contributed by atoms with Crippen molar-refractivity contribution in [3.63, 3.8) is 0 Å². The summed E-state index contributed by atoms with van der Waals surface area (Å²) in [7, 11) is 1.72. The van der Waals surface area contributed by atoms with Gasteiger partial charge in [-0.1, -0.05) is 30.3 Å². The van der Waals surface area contributed by atoms with Crippen LogP contribution in [0, 0.1) is 5.92 Å². The number of piperidine rings is 1. The van der Waals surface area contributed by atoms with Gasteiger partial charge in [-0.2, -0.15) is 0 Å². The lowest BCUT2D eigenvalue weighted by atomic mass is 9.89. The van der Waals surface area contributed by atoms with Crippen molar-refractivity contribution in [3.05, 3.63) is 59.7 Å². The van der Waals surface area contributed by atoms with Crippen molar-refractivity contribution < 1.29 is 9.53 Å². The number of hydrogen-bond donors (Lipinski definition) is 1. The van der Waals surface area contributed by atoms with E-state index >= 15 is 0 Å². The van der Waals surface area contributed by atoms with Crippen molar-refractivity contribution in [2.24, 2.45) is 5.92 Å². The lowest BCUT2D eigenvalue weighted by Gasteiger charge is -2.32. The highest BCUT2D eigenvalue weighted by atomic mass is 16.5. The highest BCUT2D eigenvalue weighted by molar-refractivity contribution is 5.79. The number of likely N-dealkylation sites (tertiary alicyclic amines) is 1. The number of carbonyl (C=O) groups excluding carboxylic acids is 1. The normalized spacial score (nSPS) is 15.2. The van der Waals surface area contributed by atoms with Crippen LogP contribution in [0.15, 0.2) is 48.5 Å². The number of amides is 1. The highest BCUT2D eigenvalue weighted by Gasteiger charge is 2.23. The Balaban J connectivity index is 1.51. The second kappa shape index (κ2) is 8.06. The summed E-state index contributed by atoms with van der Waals surface area (Å²) in [5.41, 5.74) is 8.71. The zero-order valence-electron chi connectivity index (χ0n) is 14.8. The Kier molecular flexibility index (Phi) is 5.59. The number of nitrogens with two attached hydrogens (primary N) is 1. The van der Waals surface area contributed by atoms with Crippen molar-refractivity contribution >= 4 is 11.6 Å². The number of carbonyl (C=O) groups is 1. The largest absolute Gasteiger partial charge is 0.496 e. The number of nitrogen functional groups attached to an aromatic ring is 1. The number of hydrogen-bond acceptors (Lipinski definition) is 3. The molecule has 0 atom stereocenters. The van der Waals surface area contributed by atoms with E-state index in [4.69, 9.17) is 10.5 Å². The maximum Gasteiger partial charge on any atom is 0.226 e. The molecule has 25 heavy (non-hydrogen) atoms. The Labute approximate surface area is 149 Å². The molecule has 2 aromatic rings. The van der Waals surface area contributed by atoms with Gasteiger partial charge in [0.1, 0.15) is 5.75 Å². The van der Waals surface area contributed by atoms with Gasteiger partial charge in [-0.25, -0.2) is 0 Å². The molecule has 4 nitrogen and oxygen atoms in total. The average molecular weight is 338 g/mol. The monoisotopic (exact) mass is 338 g/mol. The number of para-hydroxylation sites is 1. The van der Waals surface area contributed by atoms with Crippen LogP contribution in [-0.2, 0) is 17.6 Å². The first-order valence-electron chi connectivity index (χ1n) is 8.90. The molecule has 1 amide bonds. The minimum Gasteiger partial charge on any atom is -0.496 e. The van der Waals surface area contributed by atoms with Crippen LogP contribution in [0.5, 0.6) is 5.75 Å². The van der Waals surface area contributed by atoms with Crippen LogP contribution < -0.4 is 10.5 Å². The summed E-state index contributed by atoms with van der Waals surface area (Å²) in [5, 5.41) is 0. The first-order chi connectivity index (χ1) is 12.2. The molecule has 4 heteroatoms. The smallest absolute Gasteiger partial charge is 0.226 e. The number of benzene rings is 2. The molecular weight excluding hydrogens is 312 g/mol. The molecule has 0 unspecified atom stereocenters. The first kappa shape index (κ1) is 17.3. The van der Waals surface area contributed by atoms with Gasteiger partial charge in [0.2, 0.25) is 5.91 Å². The summed E-state index contributed by atoms with van der Waals surface area (Å²) < 4.78 is 5.45. The molecule has 0 saturated carbocycles. The molecule has 0 spiro atoms. The minimum atomic E-state index is 0.209. The number of anilines is 1. The van der Waals surface area contributed by atoms with E-state index in [2.05, 4.69) is 12.1 Å². The molecule has 1 fully saturated rings. The summed E-state index contributed by atoms with van der Waals surface area (Å²) >= 11 is 0. The van der Waals surface area contributed by atoms with Gasteiger partial charge < -0.3 is 15.4 Å². The van der Waals surface area contributed by atoms with Crippen molar-refractivity contribution in [2.75, 3.05) is 25.9 Å². The molecule has 1 aliphatic rings. The van der Waals surface area contributed by atoms with Crippen LogP contribution >= 0.6 is 0 Å². The molecular formula is C21H26N2O2. The average Bonchev–Trinajstić information content (AvgIpc) is 2.64. The quantitative estimate of drug-likeness (QED) is 0.851. The summed E-state index contributed by atoms with van der Waals surface area (Å²) in [6.45, 7) is 1.68. The standard InChI is InChI=1S/C21H26N2O2/c1-25-20-5-3-2-4-18(20)14-17-10-12-23(13-11-17)21(24)15-16-6-8-19(22)9-7-16/h2-9,17H,10-15,22H2,1H3. The van der Waals surface area contributed by atoms with E-state index < -0.39 is 0 Å². The lowest BCUT2D eigenvalue weighted by molar-refractivity contribution is -0.131. The van der Waals surface area contributed by atoms with Crippen LogP contribution in [0.4, 0.5) is 5.69 Å². The van der Waals surface area contributed by atoms with Gasteiger partial charge in [-0.3, -0.25) is 4.79 Å². The minimum absolute atomic E-state index is 0.209. The van der Waals surface area contributed by atoms with E-state index in [-0.39, 0.29) is 5.91 Å². The zero-order chi connectivity index (χ0) is 17.6. The highest BCUT2D eigenvalue weighted by Crippen LogP contribution is 2.27. The molecule has 132 valence electrons. The second-order valence-corrected chi connectivity index (χ2v) is 6.76. The molecule has 0 bridgehead atoms. The number of ether oxygens (including phenoxy) is 1. The predicted octanol–water partition coefficient (Wildman–Crippen LogP) is 3.30. The summed E-state index contributed by atoms with van der Waals surface area (Å²) in [6.07, 6.45) is 3.57. The maximum absolute atomic E-state index is 12.5. The van der Waals surface area contributed by atoms with Crippen LogP contribution in [0.2, 0.25) is 0 Å². The summed E-state index contributed by atoms with van der Waals surface area (Å²) in [6, 6.07) is 15.8. The van der Waals surface area contributed by atoms with Crippen molar-refractivity contribution in [2.45, 2.75) is 25.7 Å². The fourth-order valence-electron chi connectivity index (χ4n) is 3.49. The molecule has 0 radical (unpaired) electrons. The second-order valence-electron chi connectivity index (χ2n) is 6.76. The molecule has 3 rings (SSSR count). The van der Waals surface area contributed by atoms with Crippen LogP contribution in [0.1, 0.15) is 24.0 Å². The molecule has 2 aromatic carbocycles. The van der Waals surface area contributed by atoms with Gasteiger partial charge in [-0.15, -0.1) is 0 Å². The van der Waals surface area contributed by atoms with Crippen LogP contribution in [0.3, 0.4) is 0 Å². The summed E-state index contributed by atoms with van der Waals surface area (Å²) in [5.74, 6) is 1.78. The third kappa shape index (κ3) is 4.53. The predicted molar refractivity (Wildman–Crippen MR) is 101 cm³/mol. The Morgan fingerprint density at radius 3 is 2.48 bits per heavy atom. The molecule has 1 heterocycles. The fraction of sp³-hybridized carbons (Fsp3) is 0.381. The van der Waals surface area contributed by atoms with E-state index in [1.165, 1.54) is 5.56 Å². The molecule has 1 saturated heterocycles. The van der Waals surface area contributed by atoms with E-state index in [1.54, 1.807) is 7.11 Å². The SMILES string of the molecule is COc1ccccc1CC1CCN(C(=O)Cc2ccc(N)cc2)CC1. The Bertz CT molecular complexity index is 704. The molecule has 0 aliphatic carbocycles. The fourth-order valence-corrected chi connectivity index (χ4v) is 3.49. The molecule has 0 aromatic heterocycles. The van der Waals surface area contributed by atoms with Crippen molar-refractivity contribution in [1.82, 2.24) is 4.90 Å². The summed E-state index contributed by atoms with van der Waals surface area (Å²) in [4.78, 5) is 14.5. The third-order valence-electron chi connectivity index (χ3n) is 5.00. The van der Waals surface area contributed by atoms with Gasteiger partial charge in [0.25, 0.3) is 0 Å². The van der Waals surface area contributed by atoms with E-state index in [9.17, 15) is 4.79 Å². The number of rotatable bonds is 5. The Morgan fingerprint density at radius 2 is 1.80 bits per heavy atom. The Hall–Kier alpha value is -2.49. The van der Waals surface area contributed by atoms with Crippen molar-refractivity contribution in [3.8, 4) is 5.75 Å². The van der Waals surface area contributed by atoms with Gasteiger partial charge in [0.15, 0.2) is 0 Å². The third-order valence-corrected chi connectivity index (χ3v) is 5.00. The zero-order valence-corrected chi connectivity index (χ0v) is 14.8. The van der Waals surface area contributed by atoms with Gasteiger partial charge >= 0.3 is 0 Å². The van der Waals surface area contributed by atoms with E-state index in [0.29, 0.717) is 12.3 Å². The number of methoxy groups -OCH3 is 1. The van der Waals surface area contributed by atoms with E-state index in [0.717, 1.165) is 49.4 Å². The van der Waals surface area contributed by atoms with Crippen LogP contribution in [0.25, 0.3) is 0 Å². The lowest BCUT2D eigenvalue weighted by Crippen LogP contribution is -2.39. The van der Waals surface area contributed by atoms with E-state index in [1.807, 2.05) is 41.3 Å². The van der Waals surface area contributed by atoms with Gasteiger partial charge in [-0.05, 0) is 54.5 Å². The topological polar surface area (TPSA) is 55.6 Å². The van der Waals surface area contributed by atoms with Crippen molar-refractivity contribution in [1.29, 1.82) is 0 Å². The van der Waals surface area contributed by atoms with Crippen LogP contribution in [-0.4, -0.2) is 31.0 Å². The first-order valence-corrected chi connectivity index (χ1v) is 8.90. The number of nitrogens with zero attached hydrogens (tertiary/aromatic N) is 1. The molecule has 2 N–H and O–H groups in total. The maximum atomic E-state index is 12.5. The van der Waals surface area contributed by atoms with Gasteiger partial charge in [0.05, 0.1) is 13.5 Å². The van der Waals surface area contributed by atoms with Gasteiger partial charge in [0, 0.05) is 18.8 Å².